The minimum Gasteiger partial charge on any atom is -0.316 e. The lowest BCUT2D eigenvalue weighted by Gasteiger charge is -2.37. The van der Waals surface area contributed by atoms with Crippen molar-refractivity contribution in [2.24, 2.45) is 5.41 Å². The van der Waals surface area contributed by atoms with Crippen LogP contribution in [-0.2, 0) is 11.8 Å². The molecule has 0 unspecified atom stereocenters. The van der Waals surface area contributed by atoms with E-state index in [-0.39, 0.29) is 5.41 Å². The molecule has 0 saturated heterocycles. The van der Waals surface area contributed by atoms with Crippen molar-refractivity contribution in [2.45, 2.75) is 78.1 Å². The van der Waals surface area contributed by atoms with Gasteiger partial charge in [0.05, 0.1) is 10.7 Å². The molecule has 1 fully saturated rings. The van der Waals surface area contributed by atoms with Crippen molar-refractivity contribution < 1.29 is 0 Å². The Labute approximate surface area is 134 Å². The van der Waals surface area contributed by atoms with Gasteiger partial charge in [-0.2, -0.15) is 0 Å². The maximum Gasteiger partial charge on any atom is 0.0934 e. The van der Waals surface area contributed by atoms with Crippen LogP contribution in [0.5, 0.6) is 0 Å². The van der Waals surface area contributed by atoms with Crippen LogP contribution in [0.2, 0.25) is 0 Å². The molecule has 0 radical (unpaired) electrons. The van der Waals surface area contributed by atoms with Gasteiger partial charge in [0.1, 0.15) is 0 Å². The van der Waals surface area contributed by atoms with Gasteiger partial charge in [0, 0.05) is 23.8 Å². The van der Waals surface area contributed by atoms with Gasteiger partial charge in [-0.25, -0.2) is 4.98 Å². The predicted octanol–water partition coefficient (Wildman–Crippen LogP) is 4.93. The van der Waals surface area contributed by atoms with Crippen molar-refractivity contribution in [1.82, 2.24) is 10.3 Å². The smallest absolute Gasteiger partial charge is 0.0934 e. The fourth-order valence-corrected chi connectivity index (χ4v) is 4.50. The molecular formula is C18H32N2S. The van der Waals surface area contributed by atoms with Gasteiger partial charge < -0.3 is 5.32 Å². The first-order chi connectivity index (χ1) is 9.95. The molecule has 0 atom stereocenters. The van der Waals surface area contributed by atoms with Gasteiger partial charge in [-0.05, 0) is 31.2 Å². The SMILES string of the molecule is CCCNCC1(Cc2nc(C(C)(C)C)cs2)CCCCC1. The first-order valence-electron chi connectivity index (χ1n) is 8.61. The number of hydrogen-bond donors (Lipinski definition) is 1. The molecule has 0 amide bonds. The Balaban J connectivity index is 2.05. The predicted molar refractivity (Wildman–Crippen MR) is 93.2 cm³/mol. The summed E-state index contributed by atoms with van der Waals surface area (Å²) in [5.41, 5.74) is 1.89. The number of hydrogen-bond acceptors (Lipinski definition) is 3. The van der Waals surface area contributed by atoms with Gasteiger partial charge in [-0.15, -0.1) is 11.3 Å². The molecule has 1 aromatic rings. The number of aromatic nitrogens is 1. The Morgan fingerprint density at radius 2 is 1.95 bits per heavy atom. The van der Waals surface area contributed by atoms with E-state index >= 15 is 0 Å². The molecule has 1 heterocycles. The monoisotopic (exact) mass is 308 g/mol. The average molecular weight is 309 g/mol. The molecule has 1 N–H and O–H groups in total. The summed E-state index contributed by atoms with van der Waals surface area (Å²) in [6.45, 7) is 11.3. The highest BCUT2D eigenvalue weighted by molar-refractivity contribution is 7.09. The molecule has 0 bridgehead atoms. The van der Waals surface area contributed by atoms with Gasteiger partial charge in [0.2, 0.25) is 0 Å². The Kier molecular flexibility index (Phi) is 5.84. The van der Waals surface area contributed by atoms with Crippen molar-refractivity contribution >= 4 is 11.3 Å². The van der Waals surface area contributed by atoms with Gasteiger partial charge in [-0.3, -0.25) is 0 Å². The minimum atomic E-state index is 0.176. The lowest BCUT2D eigenvalue weighted by atomic mass is 9.72. The number of rotatable bonds is 6. The second kappa shape index (κ2) is 7.23. The van der Waals surface area contributed by atoms with E-state index in [1.807, 2.05) is 11.3 Å². The summed E-state index contributed by atoms with van der Waals surface area (Å²) in [5, 5.41) is 7.30. The summed E-state index contributed by atoms with van der Waals surface area (Å²) >= 11 is 1.87. The molecule has 1 aliphatic rings. The average Bonchev–Trinajstić information content (AvgIpc) is 2.88. The number of nitrogens with one attached hydrogen (secondary N) is 1. The van der Waals surface area contributed by atoms with Crippen molar-refractivity contribution in [3.8, 4) is 0 Å². The standard InChI is InChI=1S/C18H32N2S/c1-5-11-19-14-18(9-7-6-8-10-18)12-16-20-15(13-21-16)17(2,3)4/h13,19H,5-12,14H2,1-4H3. The van der Waals surface area contributed by atoms with E-state index in [1.54, 1.807) is 0 Å². The molecular weight excluding hydrogens is 276 g/mol. The van der Waals surface area contributed by atoms with Crippen molar-refractivity contribution in [3.63, 3.8) is 0 Å². The summed E-state index contributed by atoms with van der Waals surface area (Å²) < 4.78 is 0. The fourth-order valence-electron chi connectivity index (χ4n) is 3.31. The highest BCUT2D eigenvalue weighted by atomic mass is 32.1. The second-order valence-electron chi connectivity index (χ2n) is 7.79. The normalized spacial score (nSPS) is 18.9. The summed E-state index contributed by atoms with van der Waals surface area (Å²) in [5.74, 6) is 0. The first kappa shape index (κ1) is 17.0. The summed E-state index contributed by atoms with van der Waals surface area (Å²) in [6, 6.07) is 0. The quantitative estimate of drug-likeness (QED) is 0.753. The third-order valence-corrected chi connectivity index (χ3v) is 5.54. The summed E-state index contributed by atoms with van der Waals surface area (Å²) in [6.07, 6.45) is 9.34. The molecule has 0 aliphatic heterocycles. The van der Waals surface area contributed by atoms with Gasteiger partial charge >= 0.3 is 0 Å². The molecule has 120 valence electrons. The van der Waals surface area contributed by atoms with Crippen LogP contribution >= 0.6 is 11.3 Å². The van der Waals surface area contributed by atoms with Crippen molar-refractivity contribution in [2.75, 3.05) is 13.1 Å². The van der Waals surface area contributed by atoms with Gasteiger partial charge in [-0.1, -0.05) is 47.0 Å². The van der Waals surface area contributed by atoms with Gasteiger partial charge in [0.25, 0.3) is 0 Å². The molecule has 3 heteroatoms. The highest BCUT2D eigenvalue weighted by Gasteiger charge is 2.33. The van der Waals surface area contributed by atoms with Crippen LogP contribution in [0.3, 0.4) is 0 Å². The topological polar surface area (TPSA) is 24.9 Å². The maximum atomic E-state index is 4.94. The van der Waals surface area contributed by atoms with Crippen LogP contribution < -0.4 is 5.32 Å². The lowest BCUT2D eigenvalue weighted by molar-refractivity contribution is 0.181. The highest BCUT2D eigenvalue weighted by Crippen LogP contribution is 2.39. The van der Waals surface area contributed by atoms with E-state index in [2.05, 4.69) is 38.4 Å². The first-order valence-corrected chi connectivity index (χ1v) is 9.49. The Morgan fingerprint density at radius 1 is 1.24 bits per heavy atom. The largest absolute Gasteiger partial charge is 0.316 e. The Morgan fingerprint density at radius 3 is 2.52 bits per heavy atom. The molecule has 0 aromatic carbocycles. The van der Waals surface area contributed by atoms with Crippen LogP contribution in [0.15, 0.2) is 5.38 Å². The van der Waals surface area contributed by atoms with E-state index in [1.165, 1.54) is 62.2 Å². The van der Waals surface area contributed by atoms with Gasteiger partial charge in [0.15, 0.2) is 0 Å². The maximum absolute atomic E-state index is 4.94. The van der Waals surface area contributed by atoms with Crippen LogP contribution in [0.4, 0.5) is 0 Å². The molecule has 1 saturated carbocycles. The second-order valence-corrected chi connectivity index (χ2v) is 8.73. The molecule has 21 heavy (non-hydrogen) atoms. The third-order valence-electron chi connectivity index (χ3n) is 4.69. The molecule has 1 aromatic heterocycles. The Bertz CT molecular complexity index is 425. The molecule has 1 aliphatic carbocycles. The summed E-state index contributed by atoms with van der Waals surface area (Å²) in [4.78, 5) is 4.94. The third kappa shape index (κ3) is 4.79. The van der Waals surface area contributed by atoms with E-state index in [0.717, 1.165) is 6.54 Å². The number of thiazole rings is 1. The summed E-state index contributed by atoms with van der Waals surface area (Å²) in [7, 11) is 0. The van der Waals surface area contributed by atoms with E-state index < -0.39 is 0 Å². The Hall–Kier alpha value is -0.410. The zero-order chi connectivity index (χ0) is 15.3. The zero-order valence-corrected chi connectivity index (χ0v) is 15.1. The zero-order valence-electron chi connectivity index (χ0n) is 14.3. The van der Waals surface area contributed by atoms with E-state index in [9.17, 15) is 0 Å². The van der Waals surface area contributed by atoms with E-state index in [0.29, 0.717) is 5.41 Å². The van der Waals surface area contributed by atoms with Crippen LogP contribution in [0.25, 0.3) is 0 Å². The number of nitrogens with zero attached hydrogens (tertiary/aromatic N) is 1. The van der Waals surface area contributed by atoms with Crippen LogP contribution in [0, 0.1) is 5.41 Å². The van der Waals surface area contributed by atoms with Crippen molar-refractivity contribution in [3.05, 3.63) is 16.1 Å². The van der Waals surface area contributed by atoms with Crippen LogP contribution in [0.1, 0.15) is 76.9 Å². The lowest BCUT2D eigenvalue weighted by Crippen LogP contribution is -2.38. The molecule has 0 spiro atoms. The minimum absolute atomic E-state index is 0.176. The molecule has 2 rings (SSSR count). The van der Waals surface area contributed by atoms with E-state index in [4.69, 9.17) is 4.98 Å². The fraction of sp³-hybridized carbons (Fsp3) is 0.833. The van der Waals surface area contributed by atoms with Crippen molar-refractivity contribution in [1.29, 1.82) is 0 Å². The van der Waals surface area contributed by atoms with Crippen LogP contribution in [-0.4, -0.2) is 18.1 Å². The molecule has 2 nitrogen and oxygen atoms in total.